The van der Waals surface area contributed by atoms with Gasteiger partial charge in [0.05, 0.1) is 12.1 Å². The number of fused-ring (bicyclic) bond motifs is 1. The molecule has 102 valence electrons. The van der Waals surface area contributed by atoms with Crippen molar-refractivity contribution >= 4 is 10.9 Å². The highest BCUT2D eigenvalue weighted by atomic mass is 16.5. The van der Waals surface area contributed by atoms with Gasteiger partial charge in [-0.1, -0.05) is 0 Å². The largest absolute Gasteiger partial charge is 0.494 e. The van der Waals surface area contributed by atoms with Crippen LogP contribution in [0, 0.1) is 0 Å². The van der Waals surface area contributed by atoms with Gasteiger partial charge in [0.25, 0.3) is 0 Å². The predicted octanol–water partition coefficient (Wildman–Crippen LogP) is 2.72. The van der Waals surface area contributed by atoms with E-state index in [4.69, 9.17) is 9.47 Å². The van der Waals surface area contributed by atoms with Crippen LogP contribution in [0.3, 0.4) is 0 Å². The highest BCUT2D eigenvalue weighted by Gasteiger charge is 1.98. The number of unbranched alkanes of at least 4 members (excludes halogenated alkanes) is 1. The summed E-state index contributed by atoms with van der Waals surface area (Å²) in [6.45, 7) is 4.20. The molecule has 0 fully saturated rings. The molecule has 0 unspecified atom stereocenters. The monoisotopic (exact) mass is 261 g/mol. The molecule has 1 N–H and O–H groups in total. The third-order valence-corrected chi connectivity index (χ3v) is 2.85. The van der Waals surface area contributed by atoms with Gasteiger partial charge in [-0.2, -0.15) is 0 Å². The van der Waals surface area contributed by atoms with Crippen LogP contribution in [-0.2, 0) is 4.74 Å². The maximum atomic E-state index is 11.2. The van der Waals surface area contributed by atoms with E-state index >= 15 is 0 Å². The summed E-state index contributed by atoms with van der Waals surface area (Å²) in [7, 11) is 0. The van der Waals surface area contributed by atoms with Gasteiger partial charge >= 0.3 is 0 Å². The Bertz CT molecular complexity index is 577. The van der Waals surface area contributed by atoms with E-state index in [0.29, 0.717) is 6.61 Å². The van der Waals surface area contributed by atoms with E-state index in [1.165, 1.54) is 6.07 Å². The minimum absolute atomic E-state index is 0.0960. The van der Waals surface area contributed by atoms with Gasteiger partial charge in [-0.25, -0.2) is 0 Å². The molecule has 4 heteroatoms. The van der Waals surface area contributed by atoms with E-state index in [1.54, 1.807) is 6.07 Å². The summed E-state index contributed by atoms with van der Waals surface area (Å²) in [5.74, 6) is 0.783. The first-order valence-electron chi connectivity index (χ1n) is 6.63. The topological polar surface area (TPSA) is 51.3 Å². The number of hydrogen-bond acceptors (Lipinski definition) is 3. The van der Waals surface area contributed by atoms with E-state index in [9.17, 15) is 4.79 Å². The van der Waals surface area contributed by atoms with Crippen LogP contribution in [-0.4, -0.2) is 24.8 Å². The molecule has 0 aliphatic heterocycles. The maximum absolute atomic E-state index is 11.2. The molecule has 1 aromatic carbocycles. The number of aromatic nitrogens is 1. The highest BCUT2D eigenvalue weighted by molar-refractivity contribution is 5.79. The molecule has 0 aliphatic rings. The smallest absolute Gasteiger partial charge is 0.248 e. The van der Waals surface area contributed by atoms with E-state index < -0.39 is 0 Å². The second-order valence-electron chi connectivity index (χ2n) is 4.32. The number of hydrogen-bond donors (Lipinski definition) is 1. The minimum Gasteiger partial charge on any atom is -0.494 e. The number of rotatable bonds is 7. The van der Waals surface area contributed by atoms with Crippen molar-refractivity contribution < 1.29 is 9.47 Å². The van der Waals surface area contributed by atoms with Crippen LogP contribution in [0.4, 0.5) is 0 Å². The van der Waals surface area contributed by atoms with Crippen LogP contribution < -0.4 is 10.3 Å². The maximum Gasteiger partial charge on any atom is 0.248 e. The Kier molecular flexibility index (Phi) is 4.98. The first-order valence-corrected chi connectivity index (χ1v) is 6.63. The molecule has 1 heterocycles. The Labute approximate surface area is 112 Å². The van der Waals surface area contributed by atoms with Crippen molar-refractivity contribution in [3.63, 3.8) is 0 Å². The fourth-order valence-corrected chi connectivity index (χ4v) is 1.86. The van der Waals surface area contributed by atoms with Crippen LogP contribution in [0.25, 0.3) is 10.9 Å². The average Bonchev–Trinajstić information content (AvgIpc) is 2.42. The van der Waals surface area contributed by atoms with E-state index in [-0.39, 0.29) is 5.56 Å². The summed E-state index contributed by atoms with van der Waals surface area (Å²) in [4.78, 5) is 14.0. The third kappa shape index (κ3) is 4.10. The van der Waals surface area contributed by atoms with Gasteiger partial charge in [0.1, 0.15) is 5.75 Å². The number of benzene rings is 1. The molecular weight excluding hydrogens is 242 g/mol. The molecule has 0 saturated carbocycles. The summed E-state index contributed by atoms with van der Waals surface area (Å²) >= 11 is 0. The Balaban J connectivity index is 1.88. The first-order chi connectivity index (χ1) is 9.29. The molecule has 0 amide bonds. The van der Waals surface area contributed by atoms with E-state index in [1.807, 2.05) is 25.1 Å². The number of pyridine rings is 1. The fourth-order valence-electron chi connectivity index (χ4n) is 1.86. The Morgan fingerprint density at radius 2 is 1.89 bits per heavy atom. The molecule has 0 bridgehead atoms. The molecule has 0 saturated heterocycles. The van der Waals surface area contributed by atoms with Crippen LogP contribution in [0.15, 0.2) is 35.1 Å². The summed E-state index contributed by atoms with van der Waals surface area (Å²) in [6, 6.07) is 9.06. The number of H-pyrrole nitrogens is 1. The lowest BCUT2D eigenvalue weighted by molar-refractivity contribution is 0.139. The molecule has 2 aromatic rings. The first kappa shape index (κ1) is 13.6. The average molecular weight is 261 g/mol. The zero-order valence-corrected chi connectivity index (χ0v) is 11.1. The second kappa shape index (κ2) is 6.95. The number of aromatic amines is 1. The van der Waals surface area contributed by atoms with E-state index in [2.05, 4.69) is 4.98 Å². The molecule has 2 rings (SSSR count). The van der Waals surface area contributed by atoms with Crippen LogP contribution in [0.1, 0.15) is 19.8 Å². The fraction of sp³-hybridized carbons (Fsp3) is 0.400. The molecular formula is C15H19NO3. The van der Waals surface area contributed by atoms with Crippen LogP contribution in [0.5, 0.6) is 5.75 Å². The third-order valence-electron chi connectivity index (χ3n) is 2.85. The summed E-state index contributed by atoms with van der Waals surface area (Å²) < 4.78 is 10.9. The lowest BCUT2D eigenvalue weighted by atomic mass is 10.2. The molecule has 0 radical (unpaired) electrons. The van der Waals surface area contributed by atoms with Gasteiger partial charge in [-0.05, 0) is 43.4 Å². The van der Waals surface area contributed by atoms with Crippen molar-refractivity contribution in [2.45, 2.75) is 19.8 Å². The van der Waals surface area contributed by atoms with Crippen molar-refractivity contribution in [1.29, 1.82) is 0 Å². The molecule has 0 atom stereocenters. The zero-order chi connectivity index (χ0) is 13.5. The second-order valence-corrected chi connectivity index (χ2v) is 4.32. The molecule has 19 heavy (non-hydrogen) atoms. The standard InChI is InChI=1S/C15H19NO3/c1-2-18-9-3-4-10-19-13-7-5-12-6-8-15(17)16-14(12)11-13/h5-8,11H,2-4,9-10H2,1H3,(H,16,17). The molecule has 0 aliphatic carbocycles. The van der Waals surface area contributed by atoms with Crippen molar-refractivity contribution in [1.82, 2.24) is 4.98 Å². The summed E-state index contributed by atoms with van der Waals surface area (Å²) in [5.41, 5.74) is 0.709. The number of nitrogens with one attached hydrogen (secondary N) is 1. The number of ether oxygens (including phenoxy) is 2. The van der Waals surface area contributed by atoms with Gasteiger partial charge in [-0.3, -0.25) is 4.79 Å². The Hall–Kier alpha value is -1.81. The van der Waals surface area contributed by atoms with Crippen molar-refractivity contribution in [3.05, 3.63) is 40.7 Å². The van der Waals surface area contributed by atoms with Crippen molar-refractivity contribution in [3.8, 4) is 5.75 Å². The summed E-state index contributed by atoms with van der Waals surface area (Å²) in [5, 5.41) is 1.00. The summed E-state index contributed by atoms with van der Waals surface area (Å²) in [6.07, 6.45) is 1.96. The molecule has 0 spiro atoms. The van der Waals surface area contributed by atoms with Gasteiger partial charge < -0.3 is 14.5 Å². The lowest BCUT2D eigenvalue weighted by Crippen LogP contribution is -2.03. The SMILES string of the molecule is CCOCCCCOc1ccc2ccc(=O)[nH]c2c1. The minimum atomic E-state index is -0.0960. The van der Waals surface area contributed by atoms with Gasteiger partial charge in [-0.15, -0.1) is 0 Å². The van der Waals surface area contributed by atoms with Gasteiger partial charge in [0.15, 0.2) is 0 Å². The predicted molar refractivity (Wildman–Crippen MR) is 75.8 cm³/mol. The van der Waals surface area contributed by atoms with Gasteiger partial charge in [0, 0.05) is 25.3 Å². The lowest BCUT2D eigenvalue weighted by Gasteiger charge is -2.07. The van der Waals surface area contributed by atoms with Gasteiger partial charge in [0.2, 0.25) is 5.56 Å². The van der Waals surface area contributed by atoms with Crippen molar-refractivity contribution in [2.24, 2.45) is 0 Å². The normalized spacial score (nSPS) is 10.8. The highest BCUT2D eigenvalue weighted by Crippen LogP contribution is 2.18. The Morgan fingerprint density at radius 1 is 1.11 bits per heavy atom. The van der Waals surface area contributed by atoms with Crippen molar-refractivity contribution in [2.75, 3.05) is 19.8 Å². The van der Waals surface area contributed by atoms with E-state index in [0.717, 1.165) is 42.7 Å². The van der Waals surface area contributed by atoms with Crippen LogP contribution in [0.2, 0.25) is 0 Å². The molecule has 1 aromatic heterocycles. The zero-order valence-electron chi connectivity index (χ0n) is 11.1. The quantitative estimate of drug-likeness (QED) is 0.780. The Morgan fingerprint density at radius 3 is 2.74 bits per heavy atom. The van der Waals surface area contributed by atoms with Crippen LogP contribution >= 0.6 is 0 Å². The molecule has 4 nitrogen and oxygen atoms in total.